The highest BCUT2D eigenvalue weighted by Gasteiger charge is 2.14. The summed E-state index contributed by atoms with van der Waals surface area (Å²) in [6.45, 7) is 6.66. The van der Waals surface area contributed by atoms with E-state index in [4.69, 9.17) is 29.9 Å². The van der Waals surface area contributed by atoms with E-state index in [0.29, 0.717) is 34.2 Å². The summed E-state index contributed by atoms with van der Waals surface area (Å²) in [7, 11) is 0. The molecule has 52 heavy (non-hydrogen) atoms. The van der Waals surface area contributed by atoms with Gasteiger partial charge in [-0.2, -0.15) is 0 Å². The molecule has 0 aliphatic carbocycles. The van der Waals surface area contributed by atoms with Gasteiger partial charge in [0, 0.05) is 32.7 Å². The van der Waals surface area contributed by atoms with E-state index in [1.807, 2.05) is 30.3 Å². The number of hydrogen-bond donors (Lipinski definition) is 0. The van der Waals surface area contributed by atoms with Crippen molar-refractivity contribution in [3.63, 3.8) is 0 Å². The molecule has 3 aromatic heterocycles. The molecule has 248 valence electrons. The molecule has 0 fully saturated rings. The van der Waals surface area contributed by atoms with E-state index in [9.17, 15) is 0 Å². The van der Waals surface area contributed by atoms with Crippen LogP contribution in [0.1, 0.15) is 26.3 Å². The second kappa shape index (κ2) is 12.6. The van der Waals surface area contributed by atoms with Gasteiger partial charge in [-0.3, -0.25) is 0 Å². The summed E-state index contributed by atoms with van der Waals surface area (Å²) in [4.78, 5) is 30.3. The van der Waals surface area contributed by atoms with Crippen LogP contribution in [0.15, 0.2) is 152 Å². The zero-order chi connectivity index (χ0) is 35.2. The van der Waals surface area contributed by atoms with Gasteiger partial charge in [0.25, 0.3) is 0 Å². The molecule has 0 atom stereocenters. The standard InChI is InChI=1S/C46H34N6/c1-46(2,3)39-23-21-30(22-24-39)41-49-44-37-19-9-15-33(27-37)31-13-7-17-35(25-31)42-47-40(29-11-5-4-6-12-29)48-43(51-42)36-18-8-14-32(26-36)34-16-10-20-38(28-34)45(50-41)52-44/h4-28H,1-3H3. The van der Waals surface area contributed by atoms with Gasteiger partial charge < -0.3 is 0 Å². The fraction of sp³-hybridized carbons (Fsp3) is 0.0870. The maximum absolute atomic E-state index is 5.09. The second-order valence-corrected chi connectivity index (χ2v) is 14.1. The molecule has 9 aromatic rings. The van der Waals surface area contributed by atoms with Crippen molar-refractivity contribution in [2.24, 2.45) is 0 Å². The summed E-state index contributed by atoms with van der Waals surface area (Å²) in [5.41, 5.74) is 5.61. The maximum atomic E-state index is 5.09. The fourth-order valence-corrected chi connectivity index (χ4v) is 6.58. The van der Waals surface area contributed by atoms with Crippen molar-refractivity contribution in [1.82, 2.24) is 29.9 Å². The summed E-state index contributed by atoms with van der Waals surface area (Å²) in [6, 6.07) is 52.0. The van der Waals surface area contributed by atoms with E-state index in [1.54, 1.807) is 0 Å². The second-order valence-electron chi connectivity index (χ2n) is 14.1. The lowest BCUT2D eigenvalue weighted by Crippen LogP contribution is -2.10. The molecular formula is C46H34N6. The zero-order valence-electron chi connectivity index (χ0n) is 29.1. The van der Waals surface area contributed by atoms with Gasteiger partial charge >= 0.3 is 0 Å². The summed E-state index contributed by atoms with van der Waals surface area (Å²) in [5.74, 6) is 1.26. The highest BCUT2D eigenvalue weighted by Crippen LogP contribution is 2.28. The van der Waals surface area contributed by atoms with Crippen LogP contribution in [0, 0.1) is 0 Å². The van der Waals surface area contributed by atoms with Crippen LogP contribution in [0.3, 0.4) is 0 Å². The minimum atomic E-state index is 0.0400. The third-order valence-electron chi connectivity index (χ3n) is 9.46. The molecule has 9 rings (SSSR count). The number of rotatable bonds is 2. The Balaban J connectivity index is 1.41. The summed E-state index contributed by atoms with van der Waals surface area (Å²) in [5, 5.41) is 7.73. The van der Waals surface area contributed by atoms with Crippen molar-refractivity contribution in [2.75, 3.05) is 0 Å². The van der Waals surface area contributed by atoms with Gasteiger partial charge in [-0.15, -0.1) is 0 Å². The van der Waals surface area contributed by atoms with Crippen molar-refractivity contribution in [1.29, 1.82) is 0 Å². The largest absolute Gasteiger partial charge is 0.208 e. The van der Waals surface area contributed by atoms with Gasteiger partial charge in [0.15, 0.2) is 34.2 Å². The van der Waals surface area contributed by atoms with Crippen molar-refractivity contribution in [3.8, 4) is 22.8 Å². The molecule has 3 heterocycles. The number of benzene rings is 6. The van der Waals surface area contributed by atoms with Gasteiger partial charge in [0.05, 0.1) is 0 Å². The minimum absolute atomic E-state index is 0.0400. The van der Waals surface area contributed by atoms with Crippen LogP contribution < -0.4 is 0 Å². The highest BCUT2D eigenvalue weighted by atomic mass is 15.0. The Bertz CT molecular complexity index is 2790. The zero-order valence-corrected chi connectivity index (χ0v) is 29.1. The lowest BCUT2D eigenvalue weighted by molar-refractivity contribution is 0.590. The molecule has 6 nitrogen and oxygen atoms in total. The lowest BCUT2D eigenvalue weighted by atomic mass is 9.87. The number of hydrogen-bond acceptors (Lipinski definition) is 6. The molecule has 6 aromatic carbocycles. The van der Waals surface area contributed by atoms with Gasteiger partial charge in [-0.25, -0.2) is 29.9 Å². The van der Waals surface area contributed by atoms with Gasteiger partial charge in [0.2, 0.25) is 0 Å². The summed E-state index contributed by atoms with van der Waals surface area (Å²) in [6.07, 6.45) is 0. The molecular weight excluding hydrogens is 637 g/mol. The first-order valence-corrected chi connectivity index (χ1v) is 17.5. The molecule has 12 bridgehead atoms. The van der Waals surface area contributed by atoms with Crippen LogP contribution >= 0.6 is 0 Å². The highest BCUT2D eigenvalue weighted by molar-refractivity contribution is 5.96. The Morgan fingerprint density at radius 1 is 0.308 bits per heavy atom. The van der Waals surface area contributed by atoms with Gasteiger partial charge in [-0.05, 0) is 56.8 Å². The van der Waals surface area contributed by atoms with E-state index < -0.39 is 0 Å². The average molecular weight is 671 g/mol. The number of fused-ring (bicyclic) bond motifs is 18. The lowest BCUT2D eigenvalue weighted by Gasteiger charge is -2.19. The summed E-state index contributed by atoms with van der Waals surface area (Å²) < 4.78 is 0. The Hall–Kier alpha value is -6.66. The Morgan fingerprint density at radius 2 is 0.635 bits per heavy atom. The van der Waals surface area contributed by atoms with Crippen molar-refractivity contribution in [2.45, 2.75) is 26.2 Å². The van der Waals surface area contributed by atoms with E-state index in [0.717, 1.165) is 54.2 Å². The van der Waals surface area contributed by atoms with E-state index in [2.05, 4.69) is 142 Å². The van der Waals surface area contributed by atoms with Crippen LogP contribution in [0.25, 0.3) is 88.5 Å². The van der Waals surface area contributed by atoms with Crippen LogP contribution in [0.4, 0.5) is 0 Å². The van der Waals surface area contributed by atoms with E-state index >= 15 is 0 Å². The molecule has 0 radical (unpaired) electrons. The first-order valence-electron chi connectivity index (χ1n) is 17.5. The molecule has 0 unspecified atom stereocenters. The molecule has 0 saturated heterocycles. The predicted molar refractivity (Wildman–Crippen MR) is 214 cm³/mol. The predicted octanol–water partition coefficient (Wildman–Crippen LogP) is 11.3. The smallest absolute Gasteiger partial charge is 0.164 e. The average Bonchev–Trinajstić information content (AvgIpc) is 3.20. The SMILES string of the molecule is CC(C)(C)c1ccc(-c2nc3nc(n2)c2cccc(c2)c2cccc(c2)c2nc(-c4ccccc4)nc(n2)c2cccc(c2)c2cccc3c2)cc1. The monoisotopic (exact) mass is 670 g/mol. The first kappa shape index (κ1) is 31.3. The summed E-state index contributed by atoms with van der Waals surface area (Å²) >= 11 is 0. The Kier molecular flexibility index (Phi) is 7.58. The molecule has 0 spiro atoms. The van der Waals surface area contributed by atoms with Crippen molar-refractivity contribution >= 4 is 65.7 Å². The van der Waals surface area contributed by atoms with Crippen molar-refractivity contribution in [3.05, 3.63) is 157 Å². The number of aromatic nitrogens is 6. The molecule has 0 amide bonds. The van der Waals surface area contributed by atoms with Crippen LogP contribution in [-0.2, 0) is 5.41 Å². The topological polar surface area (TPSA) is 77.3 Å². The third-order valence-corrected chi connectivity index (χ3v) is 9.46. The molecule has 6 heteroatoms. The number of nitrogens with zero attached hydrogens (tertiary/aromatic N) is 6. The molecule has 0 aliphatic heterocycles. The minimum Gasteiger partial charge on any atom is -0.208 e. The Labute approximate surface area is 300 Å². The quantitative estimate of drug-likeness (QED) is 0.182. The van der Waals surface area contributed by atoms with Crippen LogP contribution in [0.5, 0.6) is 0 Å². The van der Waals surface area contributed by atoms with Crippen LogP contribution in [0.2, 0.25) is 0 Å². The van der Waals surface area contributed by atoms with E-state index in [1.165, 1.54) is 5.56 Å². The molecule has 0 saturated carbocycles. The van der Waals surface area contributed by atoms with Gasteiger partial charge in [-0.1, -0.05) is 148 Å². The van der Waals surface area contributed by atoms with Gasteiger partial charge in [0.1, 0.15) is 0 Å². The maximum Gasteiger partial charge on any atom is 0.164 e. The normalized spacial score (nSPS) is 11.8. The Morgan fingerprint density at radius 3 is 0.981 bits per heavy atom. The first-order chi connectivity index (χ1) is 25.3. The van der Waals surface area contributed by atoms with Crippen molar-refractivity contribution < 1.29 is 0 Å². The van der Waals surface area contributed by atoms with Crippen LogP contribution in [-0.4, -0.2) is 29.9 Å². The molecule has 0 aliphatic rings. The van der Waals surface area contributed by atoms with E-state index in [-0.39, 0.29) is 5.41 Å². The third kappa shape index (κ3) is 6.05. The fourth-order valence-electron chi connectivity index (χ4n) is 6.58. The molecule has 0 N–H and O–H groups in total.